The van der Waals surface area contributed by atoms with Crippen LogP contribution < -0.4 is 5.32 Å². The van der Waals surface area contributed by atoms with Gasteiger partial charge in [0.05, 0.1) is 6.54 Å². The summed E-state index contributed by atoms with van der Waals surface area (Å²) in [7, 11) is 0. The Morgan fingerprint density at radius 3 is 2.52 bits per heavy atom. The van der Waals surface area contributed by atoms with Gasteiger partial charge in [-0.15, -0.1) is 11.3 Å². The number of amides is 1. The molecule has 0 aliphatic rings. The molecule has 0 fully saturated rings. The highest BCUT2D eigenvalue weighted by molar-refractivity contribution is 7.11. The Hall–Kier alpha value is -2.09. The molecule has 4 heteroatoms. The number of carbonyl (C=O) groups excluding carboxylic acids is 1. The van der Waals surface area contributed by atoms with Gasteiger partial charge in [-0.25, -0.2) is 0 Å². The van der Waals surface area contributed by atoms with Crippen molar-refractivity contribution in [2.24, 2.45) is 0 Å². The quantitative estimate of drug-likeness (QED) is 0.853. The van der Waals surface area contributed by atoms with Gasteiger partial charge in [0.15, 0.2) is 0 Å². The maximum absolute atomic E-state index is 12.0. The van der Waals surface area contributed by atoms with E-state index in [2.05, 4.69) is 36.2 Å². The number of hydrogen-bond acceptors (Lipinski definition) is 3. The van der Waals surface area contributed by atoms with Gasteiger partial charge in [-0.1, -0.05) is 18.8 Å². The summed E-state index contributed by atoms with van der Waals surface area (Å²) >= 11 is 1.72. The predicted molar refractivity (Wildman–Crippen MR) is 85.3 cm³/mol. The number of aryl methyl sites for hydroxylation is 1. The fraction of sp³-hybridized carbons (Fsp3) is 0.235. The van der Waals surface area contributed by atoms with Crippen LogP contribution in [0.2, 0.25) is 0 Å². The monoisotopic (exact) mass is 299 g/mol. The Morgan fingerprint density at radius 2 is 1.90 bits per heavy atom. The van der Waals surface area contributed by atoms with Gasteiger partial charge in [0, 0.05) is 20.9 Å². The van der Waals surface area contributed by atoms with Gasteiger partial charge < -0.3 is 10.4 Å². The maximum atomic E-state index is 12.0. The Labute approximate surface area is 128 Å². The topological polar surface area (TPSA) is 49.3 Å². The minimum Gasteiger partial charge on any atom is -0.384 e. The molecule has 108 valence electrons. The van der Waals surface area contributed by atoms with Gasteiger partial charge in [0.1, 0.15) is 6.61 Å². The molecular formula is C17H17NO2S. The molecule has 2 N–H and O–H groups in total. The van der Waals surface area contributed by atoms with E-state index >= 15 is 0 Å². The molecule has 2 aromatic rings. The molecule has 0 bridgehead atoms. The second-order valence-corrected chi connectivity index (χ2v) is 5.69. The zero-order chi connectivity index (χ0) is 15.1. The summed E-state index contributed by atoms with van der Waals surface area (Å²) in [6.07, 6.45) is 1.02. The molecule has 0 radical (unpaired) electrons. The van der Waals surface area contributed by atoms with Crippen molar-refractivity contribution in [3.63, 3.8) is 0 Å². The van der Waals surface area contributed by atoms with Crippen molar-refractivity contribution in [2.75, 3.05) is 6.61 Å². The molecule has 0 unspecified atom stereocenters. The molecule has 1 aromatic heterocycles. The number of carbonyl (C=O) groups is 1. The van der Waals surface area contributed by atoms with Crippen molar-refractivity contribution in [1.29, 1.82) is 0 Å². The fourth-order valence-corrected chi connectivity index (χ4v) is 2.72. The van der Waals surface area contributed by atoms with Gasteiger partial charge in [0.25, 0.3) is 5.91 Å². The SMILES string of the molecule is CCc1ccc(CNC(=O)c2ccc(C#CCO)cc2)s1. The molecule has 1 amide bonds. The lowest BCUT2D eigenvalue weighted by Crippen LogP contribution is -2.22. The summed E-state index contributed by atoms with van der Waals surface area (Å²) in [5.74, 6) is 5.28. The Balaban J connectivity index is 1.93. The van der Waals surface area contributed by atoms with Crippen LogP contribution in [0.3, 0.4) is 0 Å². The van der Waals surface area contributed by atoms with E-state index in [-0.39, 0.29) is 12.5 Å². The van der Waals surface area contributed by atoms with E-state index in [0.29, 0.717) is 12.1 Å². The zero-order valence-electron chi connectivity index (χ0n) is 11.8. The van der Waals surface area contributed by atoms with Crippen molar-refractivity contribution in [1.82, 2.24) is 5.32 Å². The van der Waals surface area contributed by atoms with Crippen LogP contribution in [0, 0.1) is 11.8 Å². The van der Waals surface area contributed by atoms with Gasteiger partial charge in [-0.2, -0.15) is 0 Å². The number of hydrogen-bond donors (Lipinski definition) is 2. The number of thiophene rings is 1. The first kappa shape index (κ1) is 15.3. The smallest absolute Gasteiger partial charge is 0.251 e. The molecule has 0 spiro atoms. The average Bonchev–Trinajstić information content (AvgIpc) is 2.99. The van der Waals surface area contributed by atoms with E-state index in [1.54, 1.807) is 35.6 Å². The minimum atomic E-state index is -0.164. The predicted octanol–water partition coefficient (Wildman–Crippen LogP) is 2.58. The highest BCUT2D eigenvalue weighted by Crippen LogP contribution is 2.16. The lowest BCUT2D eigenvalue weighted by molar-refractivity contribution is 0.0951. The van der Waals surface area contributed by atoms with E-state index < -0.39 is 0 Å². The summed E-state index contributed by atoms with van der Waals surface area (Å²) in [5.41, 5.74) is 1.39. The number of nitrogens with one attached hydrogen (secondary N) is 1. The van der Waals surface area contributed by atoms with Crippen LogP contribution in [-0.2, 0) is 13.0 Å². The zero-order valence-corrected chi connectivity index (χ0v) is 12.7. The van der Waals surface area contributed by atoms with Crippen LogP contribution in [0.1, 0.15) is 32.6 Å². The molecular weight excluding hydrogens is 282 g/mol. The van der Waals surface area contributed by atoms with E-state index in [0.717, 1.165) is 16.9 Å². The first-order valence-electron chi connectivity index (χ1n) is 6.78. The molecule has 0 saturated heterocycles. The number of aliphatic hydroxyl groups excluding tert-OH is 1. The maximum Gasteiger partial charge on any atom is 0.251 e. The van der Waals surface area contributed by atoms with Crippen LogP contribution in [0.25, 0.3) is 0 Å². The minimum absolute atomic E-state index is 0.0943. The highest BCUT2D eigenvalue weighted by atomic mass is 32.1. The second kappa shape index (κ2) is 7.63. The van der Waals surface area contributed by atoms with Crippen molar-refractivity contribution in [3.05, 3.63) is 57.3 Å². The number of benzene rings is 1. The van der Waals surface area contributed by atoms with Crippen molar-refractivity contribution < 1.29 is 9.90 Å². The van der Waals surface area contributed by atoms with Gasteiger partial charge in [0.2, 0.25) is 0 Å². The molecule has 1 aromatic carbocycles. The highest BCUT2D eigenvalue weighted by Gasteiger charge is 2.06. The van der Waals surface area contributed by atoms with Gasteiger partial charge >= 0.3 is 0 Å². The molecule has 0 aliphatic heterocycles. The second-order valence-electron chi connectivity index (χ2n) is 4.44. The van der Waals surface area contributed by atoms with E-state index in [9.17, 15) is 4.79 Å². The molecule has 0 saturated carbocycles. The van der Waals surface area contributed by atoms with Crippen LogP contribution in [-0.4, -0.2) is 17.6 Å². The molecule has 0 atom stereocenters. The summed E-state index contributed by atoms with van der Waals surface area (Å²) in [6.45, 7) is 2.51. The van der Waals surface area contributed by atoms with Crippen molar-refractivity contribution in [2.45, 2.75) is 19.9 Å². The Bertz CT molecular complexity index is 662. The summed E-state index contributed by atoms with van der Waals surface area (Å²) < 4.78 is 0. The van der Waals surface area contributed by atoms with E-state index in [1.165, 1.54) is 4.88 Å². The average molecular weight is 299 g/mol. The van der Waals surface area contributed by atoms with Gasteiger partial charge in [-0.05, 0) is 42.8 Å². The lowest BCUT2D eigenvalue weighted by atomic mass is 10.1. The first-order valence-corrected chi connectivity index (χ1v) is 7.60. The van der Waals surface area contributed by atoms with Gasteiger partial charge in [-0.3, -0.25) is 4.79 Å². The van der Waals surface area contributed by atoms with Crippen molar-refractivity contribution in [3.8, 4) is 11.8 Å². The number of rotatable bonds is 4. The Kier molecular flexibility index (Phi) is 5.56. The van der Waals surface area contributed by atoms with E-state index in [1.807, 2.05) is 0 Å². The molecule has 21 heavy (non-hydrogen) atoms. The molecule has 2 rings (SSSR count). The lowest BCUT2D eigenvalue weighted by Gasteiger charge is -2.03. The fourth-order valence-electron chi connectivity index (χ4n) is 1.82. The summed E-state index contributed by atoms with van der Waals surface area (Å²) in [5, 5.41) is 11.5. The van der Waals surface area contributed by atoms with Crippen LogP contribution in [0.4, 0.5) is 0 Å². The summed E-state index contributed by atoms with van der Waals surface area (Å²) in [6, 6.07) is 11.2. The first-order chi connectivity index (χ1) is 10.2. The normalized spacial score (nSPS) is 9.81. The Morgan fingerprint density at radius 1 is 1.19 bits per heavy atom. The summed E-state index contributed by atoms with van der Waals surface area (Å²) in [4.78, 5) is 14.5. The third-order valence-corrected chi connectivity index (χ3v) is 4.18. The number of aliphatic hydroxyl groups is 1. The van der Waals surface area contributed by atoms with Crippen molar-refractivity contribution >= 4 is 17.2 Å². The van der Waals surface area contributed by atoms with Crippen LogP contribution >= 0.6 is 11.3 Å². The third kappa shape index (κ3) is 4.45. The molecule has 1 heterocycles. The molecule has 0 aliphatic carbocycles. The third-order valence-electron chi connectivity index (χ3n) is 2.95. The standard InChI is InChI=1S/C17H17NO2S/c1-2-15-9-10-16(21-15)12-18-17(20)14-7-5-13(6-8-14)4-3-11-19/h5-10,19H,2,11-12H2,1H3,(H,18,20). The van der Waals surface area contributed by atoms with Crippen LogP contribution in [0.5, 0.6) is 0 Å². The van der Waals surface area contributed by atoms with Crippen LogP contribution in [0.15, 0.2) is 36.4 Å². The largest absolute Gasteiger partial charge is 0.384 e. The van der Waals surface area contributed by atoms with E-state index in [4.69, 9.17) is 5.11 Å². The molecule has 3 nitrogen and oxygen atoms in total.